The van der Waals surface area contributed by atoms with Crippen molar-refractivity contribution >= 4 is 0 Å². The highest BCUT2D eigenvalue weighted by Gasteiger charge is 2.27. The Morgan fingerprint density at radius 2 is 2.35 bits per heavy atom. The summed E-state index contributed by atoms with van der Waals surface area (Å²) in [6.07, 6.45) is 8.00. The Morgan fingerprint density at radius 3 is 3.00 bits per heavy atom. The molecule has 1 aromatic rings. The monoisotopic (exact) mass is 234 g/mol. The van der Waals surface area contributed by atoms with Crippen LogP contribution in [0.1, 0.15) is 37.9 Å². The Hall–Kier alpha value is -0.870. The summed E-state index contributed by atoms with van der Waals surface area (Å²) in [6.45, 7) is 6.76. The van der Waals surface area contributed by atoms with Crippen LogP contribution in [0.3, 0.4) is 0 Å². The maximum Gasteiger partial charge on any atom is 0.0951 e. The van der Waals surface area contributed by atoms with Gasteiger partial charge in [-0.2, -0.15) is 0 Å². The van der Waals surface area contributed by atoms with Crippen LogP contribution in [0.15, 0.2) is 12.5 Å². The van der Waals surface area contributed by atoms with E-state index in [1.807, 2.05) is 12.5 Å². The molecule has 0 bridgehead atoms. The quantitative estimate of drug-likeness (QED) is 0.836. The molecule has 1 saturated heterocycles. The van der Waals surface area contributed by atoms with Gasteiger partial charge >= 0.3 is 0 Å². The lowest BCUT2D eigenvalue weighted by molar-refractivity contribution is 0.205. The molecule has 2 heterocycles. The molecule has 0 spiro atoms. The summed E-state index contributed by atoms with van der Waals surface area (Å²) >= 11 is 0. The van der Waals surface area contributed by atoms with Crippen molar-refractivity contribution in [1.82, 2.24) is 19.8 Å². The summed E-state index contributed by atoms with van der Waals surface area (Å²) < 4.78 is 2.38. The molecule has 94 valence electrons. The van der Waals surface area contributed by atoms with Gasteiger partial charge < -0.3 is 9.88 Å². The van der Waals surface area contributed by atoms with Gasteiger partial charge in [0, 0.05) is 31.4 Å². The molecule has 4 heteroatoms. The second-order valence-corrected chi connectivity index (χ2v) is 5.23. The average molecular weight is 234 g/mol. The lowest BCUT2D eigenvalue weighted by Gasteiger charge is -2.27. The molecule has 1 unspecified atom stereocenters. The number of nitrogens with zero attached hydrogens (tertiary/aromatic N) is 3. The maximum absolute atomic E-state index is 4.32. The van der Waals surface area contributed by atoms with Gasteiger partial charge in [0.25, 0.3) is 0 Å². The Bertz CT molecular complexity index is 363. The molecule has 2 aliphatic rings. The fourth-order valence-corrected chi connectivity index (χ4v) is 2.79. The van der Waals surface area contributed by atoms with Gasteiger partial charge in [0.05, 0.1) is 12.0 Å². The molecule has 2 fully saturated rings. The van der Waals surface area contributed by atoms with Crippen molar-refractivity contribution in [3.63, 3.8) is 0 Å². The van der Waals surface area contributed by atoms with E-state index in [-0.39, 0.29) is 0 Å². The summed E-state index contributed by atoms with van der Waals surface area (Å²) in [5.41, 5.74) is 1.39. The van der Waals surface area contributed by atoms with Crippen LogP contribution in [0.4, 0.5) is 0 Å². The van der Waals surface area contributed by atoms with Crippen LogP contribution >= 0.6 is 0 Å². The van der Waals surface area contributed by atoms with Gasteiger partial charge in [-0.3, -0.25) is 4.90 Å². The van der Waals surface area contributed by atoms with E-state index in [4.69, 9.17) is 0 Å². The van der Waals surface area contributed by atoms with Crippen molar-refractivity contribution in [3.8, 4) is 0 Å². The smallest absolute Gasteiger partial charge is 0.0951 e. The molecule has 17 heavy (non-hydrogen) atoms. The predicted molar refractivity (Wildman–Crippen MR) is 67.9 cm³/mol. The van der Waals surface area contributed by atoms with E-state index < -0.39 is 0 Å². The van der Waals surface area contributed by atoms with Gasteiger partial charge in [0.1, 0.15) is 0 Å². The third-order valence-electron chi connectivity index (χ3n) is 4.01. The van der Waals surface area contributed by atoms with E-state index in [1.165, 1.54) is 31.5 Å². The summed E-state index contributed by atoms with van der Waals surface area (Å²) in [5, 5.41) is 3.45. The normalized spacial score (nSPS) is 24.7. The minimum atomic E-state index is 0.711. The average Bonchev–Trinajstić information content (AvgIpc) is 2.88. The molecular formula is C13H22N4. The topological polar surface area (TPSA) is 33.1 Å². The Balaban J connectivity index is 1.68. The fourth-order valence-electron chi connectivity index (χ4n) is 2.79. The van der Waals surface area contributed by atoms with Crippen molar-refractivity contribution in [1.29, 1.82) is 0 Å². The molecule has 0 radical (unpaired) electrons. The lowest BCUT2D eigenvalue weighted by Crippen LogP contribution is -2.36. The summed E-state index contributed by atoms with van der Waals surface area (Å²) in [5.74, 6) is 0. The van der Waals surface area contributed by atoms with Gasteiger partial charge in [-0.15, -0.1) is 0 Å². The summed E-state index contributed by atoms with van der Waals surface area (Å²) in [7, 11) is 0. The van der Waals surface area contributed by atoms with Crippen molar-refractivity contribution in [2.75, 3.05) is 19.6 Å². The molecule has 1 aliphatic carbocycles. The molecule has 4 nitrogen and oxygen atoms in total. The highest BCUT2D eigenvalue weighted by Crippen LogP contribution is 2.35. The molecule has 1 atom stereocenters. The number of nitrogens with one attached hydrogen (secondary N) is 1. The minimum Gasteiger partial charge on any atom is -0.330 e. The zero-order valence-electron chi connectivity index (χ0n) is 10.6. The van der Waals surface area contributed by atoms with Gasteiger partial charge in [0.15, 0.2) is 0 Å². The molecule has 3 rings (SSSR count). The van der Waals surface area contributed by atoms with Gasteiger partial charge in [-0.1, -0.05) is 6.92 Å². The molecule has 1 aliphatic heterocycles. The largest absolute Gasteiger partial charge is 0.330 e. The maximum atomic E-state index is 4.32. The number of hydrogen-bond donors (Lipinski definition) is 1. The number of likely N-dealkylation sites (N-methyl/N-ethyl adjacent to an activating group) is 1. The van der Waals surface area contributed by atoms with Gasteiger partial charge in [-0.25, -0.2) is 4.98 Å². The van der Waals surface area contributed by atoms with Crippen molar-refractivity contribution < 1.29 is 0 Å². The highest BCUT2D eigenvalue weighted by atomic mass is 15.2. The standard InChI is InChI=1S/C13H22N4/c1-2-16(12-5-6-14-7-12)9-13-8-15-10-17(13)11-3-4-11/h8,10-12,14H,2-7,9H2,1H3. The lowest BCUT2D eigenvalue weighted by atomic mass is 10.2. The predicted octanol–water partition coefficient (Wildman–Crippen LogP) is 1.40. The Labute approximate surface area is 103 Å². The first kappa shape index (κ1) is 11.2. The first-order valence-electron chi connectivity index (χ1n) is 6.84. The molecule has 0 aromatic carbocycles. The van der Waals surface area contributed by atoms with Crippen molar-refractivity contribution in [3.05, 3.63) is 18.2 Å². The third-order valence-corrected chi connectivity index (χ3v) is 4.01. The van der Waals surface area contributed by atoms with E-state index in [1.54, 1.807) is 0 Å². The second-order valence-electron chi connectivity index (χ2n) is 5.23. The molecule has 1 saturated carbocycles. The van der Waals surface area contributed by atoms with Crippen LogP contribution in [0.5, 0.6) is 0 Å². The number of hydrogen-bond acceptors (Lipinski definition) is 3. The van der Waals surface area contributed by atoms with Crippen LogP contribution in [0.2, 0.25) is 0 Å². The first-order chi connectivity index (χ1) is 8.38. The molecule has 1 aromatic heterocycles. The number of aromatic nitrogens is 2. The van der Waals surface area contributed by atoms with Crippen LogP contribution < -0.4 is 5.32 Å². The molecular weight excluding hydrogens is 212 g/mol. The van der Waals surface area contributed by atoms with E-state index in [0.29, 0.717) is 6.04 Å². The highest BCUT2D eigenvalue weighted by molar-refractivity contribution is 5.04. The zero-order chi connectivity index (χ0) is 11.7. The van der Waals surface area contributed by atoms with Crippen LogP contribution in [-0.4, -0.2) is 40.1 Å². The van der Waals surface area contributed by atoms with Crippen LogP contribution in [0, 0.1) is 0 Å². The van der Waals surface area contributed by atoms with E-state index in [0.717, 1.165) is 25.7 Å². The van der Waals surface area contributed by atoms with Crippen molar-refractivity contribution in [2.45, 2.75) is 44.8 Å². The number of rotatable bonds is 5. The SMILES string of the molecule is CCN(Cc1cncn1C1CC1)C1CCNC1. The third kappa shape index (κ3) is 2.38. The summed E-state index contributed by atoms with van der Waals surface area (Å²) in [4.78, 5) is 6.90. The van der Waals surface area contributed by atoms with E-state index in [9.17, 15) is 0 Å². The fraction of sp³-hybridized carbons (Fsp3) is 0.769. The van der Waals surface area contributed by atoms with Crippen LogP contribution in [0.25, 0.3) is 0 Å². The van der Waals surface area contributed by atoms with Gasteiger partial charge in [-0.05, 0) is 32.4 Å². The first-order valence-corrected chi connectivity index (χ1v) is 6.84. The van der Waals surface area contributed by atoms with Gasteiger partial charge in [0.2, 0.25) is 0 Å². The Morgan fingerprint density at radius 1 is 1.47 bits per heavy atom. The Kier molecular flexibility index (Phi) is 3.16. The molecule has 0 amide bonds. The summed E-state index contributed by atoms with van der Waals surface area (Å²) in [6, 6.07) is 1.45. The second kappa shape index (κ2) is 4.78. The van der Waals surface area contributed by atoms with E-state index >= 15 is 0 Å². The van der Waals surface area contributed by atoms with E-state index in [2.05, 4.69) is 26.7 Å². The molecule has 1 N–H and O–H groups in total. The zero-order valence-corrected chi connectivity index (χ0v) is 10.6. The van der Waals surface area contributed by atoms with Crippen molar-refractivity contribution in [2.24, 2.45) is 0 Å². The minimum absolute atomic E-state index is 0.711. The van der Waals surface area contributed by atoms with Crippen LogP contribution in [-0.2, 0) is 6.54 Å². The number of imidazole rings is 1.